The van der Waals surface area contributed by atoms with E-state index in [1.165, 1.54) is 0 Å². The molecular weight excluding hydrogens is 260 g/mol. The van der Waals surface area contributed by atoms with Crippen LogP contribution < -0.4 is 5.73 Å². The fourth-order valence-electron chi connectivity index (χ4n) is 2.02. The Morgan fingerprint density at radius 3 is 2.95 bits per heavy atom. The molecule has 2 aromatic heterocycles. The second kappa shape index (κ2) is 4.99. The Morgan fingerprint density at radius 1 is 1.26 bits per heavy atom. The summed E-state index contributed by atoms with van der Waals surface area (Å²) in [7, 11) is 0. The van der Waals surface area contributed by atoms with Gasteiger partial charge >= 0.3 is 0 Å². The summed E-state index contributed by atoms with van der Waals surface area (Å²) in [4.78, 5) is 12.0. The van der Waals surface area contributed by atoms with Crippen molar-refractivity contribution in [3.8, 4) is 0 Å². The summed E-state index contributed by atoms with van der Waals surface area (Å²) < 4.78 is 0. The van der Waals surface area contributed by atoms with Gasteiger partial charge in [-0.2, -0.15) is 0 Å². The highest BCUT2D eigenvalue weighted by Crippen LogP contribution is 2.20. The Bertz CT molecular complexity index is 693. The van der Waals surface area contributed by atoms with E-state index in [0.29, 0.717) is 11.4 Å². The summed E-state index contributed by atoms with van der Waals surface area (Å²) in [5.41, 5.74) is 8.89. The highest BCUT2D eigenvalue weighted by atomic mass is 35.5. The van der Waals surface area contributed by atoms with Crippen LogP contribution in [0.4, 0.5) is 0 Å². The number of nitrogens with zero attached hydrogens (tertiary/aromatic N) is 2. The van der Waals surface area contributed by atoms with Crippen LogP contribution in [0, 0.1) is 0 Å². The van der Waals surface area contributed by atoms with Crippen molar-refractivity contribution in [3.63, 3.8) is 0 Å². The number of nitrogens with one attached hydrogen (secondary N) is 1. The third-order valence-electron chi connectivity index (χ3n) is 2.97. The summed E-state index contributed by atoms with van der Waals surface area (Å²) in [6, 6.07) is 11.1. The minimum Gasteiger partial charge on any atom is -0.341 e. The average molecular weight is 273 g/mol. The minimum atomic E-state index is -0.207. The molecule has 3 N–H and O–H groups in total. The second-order valence-corrected chi connectivity index (χ2v) is 4.85. The van der Waals surface area contributed by atoms with E-state index < -0.39 is 0 Å². The SMILES string of the molecule is NC(Cc1ccccn1)c1nc2ccc(Cl)cc2[nH]1. The topological polar surface area (TPSA) is 67.6 Å². The molecular formula is C14H13ClN4. The van der Waals surface area contributed by atoms with Gasteiger partial charge in [-0.25, -0.2) is 4.98 Å². The Labute approximate surface area is 115 Å². The number of hydrogen-bond donors (Lipinski definition) is 2. The molecule has 1 aromatic carbocycles. The van der Waals surface area contributed by atoms with Crippen molar-refractivity contribution in [1.82, 2.24) is 15.0 Å². The van der Waals surface area contributed by atoms with Crippen molar-refractivity contribution in [2.24, 2.45) is 5.73 Å². The van der Waals surface area contributed by atoms with E-state index in [1.54, 1.807) is 6.20 Å². The first-order chi connectivity index (χ1) is 9.22. The predicted octanol–water partition coefficient (Wildman–Crippen LogP) is 2.85. The third-order valence-corrected chi connectivity index (χ3v) is 3.20. The fraction of sp³-hybridized carbons (Fsp3) is 0.143. The number of hydrogen-bond acceptors (Lipinski definition) is 3. The molecule has 0 amide bonds. The van der Waals surface area contributed by atoms with Crippen molar-refractivity contribution in [1.29, 1.82) is 0 Å². The van der Waals surface area contributed by atoms with Crippen molar-refractivity contribution >= 4 is 22.6 Å². The lowest BCUT2D eigenvalue weighted by atomic mass is 10.1. The Balaban J connectivity index is 1.87. The van der Waals surface area contributed by atoms with Gasteiger partial charge in [0.15, 0.2) is 0 Å². The number of halogens is 1. The first kappa shape index (κ1) is 12.1. The zero-order chi connectivity index (χ0) is 13.2. The molecule has 0 saturated heterocycles. The Hall–Kier alpha value is -1.91. The number of H-pyrrole nitrogens is 1. The van der Waals surface area contributed by atoms with Crippen LogP contribution in [0.5, 0.6) is 0 Å². The number of pyridine rings is 1. The predicted molar refractivity (Wildman–Crippen MR) is 76.0 cm³/mol. The van der Waals surface area contributed by atoms with Gasteiger partial charge in [0, 0.05) is 23.3 Å². The van der Waals surface area contributed by atoms with Gasteiger partial charge in [0.25, 0.3) is 0 Å². The van der Waals surface area contributed by atoms with E-state index >= 15 is 0 Å². The quantitative estimate of drug-likeness (QED) is 0.770. The molecule has 0 radical (unpaired) electrons. The van der Waals surface area contributed by atoms with Gasteiger partial charge in [-0.05, 0) is 30.3 Å². The molecule has 4 nitrogen and oxygen atoms in total. The molecule has 3 aromatic rings. The van der Waals surface area contributed by atoms with E-state index in [9.17, 15) is 0 Å². The number of benzene rings is 1. The molecule has 0 aliphatic rings. The number of imidazole rings is 1. The number of fused-ring (bicyclic) bond motifs is 1. The lowest BCUT2D eigenvalue weighted by Crippen LogP contribution is -2.15. The molecule has 3 rings (SSSR count). The standard InChI is InChI=1S/C14H13ClN4/c15-9-4-5-12-13(7-9)19-14(18-12)11(16)8-10-3-1-2-6-17-10/h1-7,11H,8,16H2,(H,18,19). The fourth-order valence-corrected chi connectivity index (χ4v) is 2.19. The van der Waals surface area contributed by atoms with E-state index in [0.717, 1.165) is 22.6 Å². The molecule has 96 valence electrons. The summed E-state index contributed by atoms with van der Waals surface area (Å²) in [6.07, 6.45) is 2.41. The van der Waals surface area contributed by atoms with Crippen LogP contribution in [-0.4, -0.2) is 15.0 Å². The van der Waals surface area contributed by atoms with Crippen LogP contribution in [0.1, 0.15) is 17.6 Å². The second-order valence-electron chi connectivity index (χ2n) is 4.42. The largest absolute Gasteiger partial charge is 0.341 e. The minimum absolute atomic E-state index is 0.207. The zero-order valence-electron chi connectivity index (χ0n) is 10.2. The van der Waals surface area contributed by atoms with Gasteiger partial charge in [0.1, 0.15) is 5.82 Å². The van der Waals surface area contributed by atoms with Crippen LogP contribution in [0.2, 0.25) is 5.02 Å². The average Bonchev–Trinajstić information content (AvgIpc) is 2.83. The molecule has 0 spiro atoms. The van der Waals surface area contributed by atoms with Gasteiger partial charge in [0.2, 0.25) is 0 Å². The number of nitrogens with two attached hydrogens (primary N) is 1. The molecule has 0 aliphatic carbocycles. The van der Waals surface area contributed by atoms with Crippen LogP contribution in [0.15, 0.2) is 42.6 Å². The molecule has 0 fully saturated rings. The van der Waals surface area contributed by atoms with E-state index in [4.69, 9.17) is 17.3 Å². The zero-order valence-corrected chi connectivity index (χ0v) is 10.9. The number of aromatic amines is 1. The van der Waals surface area contributed by atoms with Crippen molar-refractivity contribution in [2.75, 3.05) is 0 Å². The molecule has 0 aliphatic heterocycles. The highest BCUT2D eigenvalue weighted by molar-refractivity contribution is 6.31. The summed E-state index contributed by atoms with van der Waals surface area (Å²) in [6.45, 7) is 0. The molecule has 1 atom stereocenters. The lowest BCUT2D eigenvalue weighted by Gasteiger charge is -2.07. The van der Waals surface area contributed by atoms with Crippen LogP contribution in [0.25, 0.3) is 11.0 Å². The first-order valence-electron chi connectivity index (χ1n) is 6.03. The van der Waals surface area contributed by atoms with Crippen LogP contribution in [-0.2, 0) is 6.42 Å². The molecule has 0 bridgehead atoms. The van der Waals surface area contributed by atoms with E-state index in [1.807, 2.05) is 36.4 Å². The van der Waals surface area contributed by atoms with Crippen molar-refractivity contribution < 1.29 is 0 Å². The van der Waals surface area contributed by atoms with Gasteiger partial charge in [-0.1, -0.05) is 17.7 Å². The normalized spacial score (nSPS) is 12.7. The smallest absolute Gasteiger partial charge is 0.124 e. The van der Waals surface area contributed by atoms with Gasteiger partial charge in [-0.15, -0.1) is 0 Å². The number of aromatic nitrogens is 3. The Morgan fingerprint density at radius 2 is 2.16 bits per heavy atom. The van der Waals surface area contributed by atoms with Gasteiger partial charge in [0.05, 0.1) is 17.1 Å². The first-order valence-corrected chi connectivity index (χ1v) is 6.41. The Kier molecular flexibility index (Phi) is 3.19. The number of rotatable bonds is 3. The highest BCUT2D eigenvalue weighted by Gasteiger charge is 2.12. The maximum absolute atomic E-state index is 6.16. The maximum atomic E-state index is 6.16. The van der Waals surface area contributed by atoms with Crippen LogP contribution in [0.3, 0.4) is 0 Å². The molecule has 19 heavy (non-hydrogen) atoms. The van der Waals surface area contributed by atoms with Gasteiger partial charge < -0.3 is 10.7 Å². The van der Waals surface area contributed by atoms with E-state index in [-0.39, 0.29) is 6.04 Å². The lowest BCUT2D eigenvalue weighted by molar-refractivity contribution is 0.668. The third kappa shape index (κ3) is 2.59. The van der Waals surface area contributed by atoms with Gasteiger partial charge in [-0.3, -0.25) is 4.98 Å². The van der Waals surface area contributed by atoms with Crippen molar-refractivity contribution in [2.45, 2.75) is 12.5 Å². The molecule has 2 heterocycles. The summed E-state index contributed by atoms with van der Waals surface area (Å²) in [5.74, 6) is 0.753. The molecule has 0 saturated carbocycles. The van der Waals surface area contributed by atoms with Crippen LogP contribution >= 0.6 is 11.6 Å². The molecule has 5 heteroatoms. The summed E-state index contributed by atoms with van der Waals surface area (Å²) >= 11 is 5.95. The maximum Gasteiger partial charge on any atom is 0.124 e. The van der Waals surface area contributed by atoms with Crippen molar-refractivity contribution in [3.05, 3.63) is 59.1 Å². The molecule has 1 unspecified atom stereocenters. The monoisotopic (exact) mass is 272 g/mol. The summed E-state index contributed by atoms with van der Waals surface area (Å²) in [5, 5.41) is 0.681. The van der Waals surface area contributed by atoms with E-state index in [2.05, 4.69) is 15.0 Å².